The van der Waals surface area contributed by atoms with Crippen molar-refractivity contribution in [1.82, 2.24) is 10.2 Å². The van der Waals surface area contributed by atoms with Crippen molar-refractivity contribution in [3.63, 3.8) is 0 Å². The molecule has 0 unspecified atom stereocenters. The summed E-state index contributed by atoms with van der Waals surface area (Å²) < 4.78 is 11.2. The van der Waals surface area contributed by atoms with Crippen molar-refractivity contribution < 1.29 is 9.47 Å². The fourth-order valence-electron chi connectivity index (χ4n) is 3.21. The highest BCUT2D eigenvalue weighted by atomic mass is 127. The number of piperidine rings is 1. The maximum atomic E-state index is 5.72. The molecular weight excluding hydrogens is 429 g/mol. The van der Waals surface area contributed by atoms with Gasteiger partial charge in [0.25, 0.3) is 0 Å². The van der Waals surface area contributed by atoms with Gasteiger partial charge in [-0.3, -0.25) is 4.99 Å². The minimum atomic E-state index is 0. The third-order valence-corrected chi connectivity index (χ3v) is 4.47. The molecule has 6 heteroatoms. The van der Waals surface area contributed by atoms with E-state index in [0.29, 0.717) is 6.10 Å². The summed E-state index contributed by atoms with van der Waals surface area (Å²) in [6, 6.07) is 6.31. The van der Waals surface area contributed by atoms with Gasteiger partial charge in [0.05, 0.1) is 13.2 Å². The van der Waals surface area contributed by atoms with Crippen LogP contribution in [-0.4, -0.2) is 57.4 Å². The Morgan fingerprint density at radius 3 is 2.64 bits per heavy atom. The van der Waals surface area contributed by atoms with Gasteiger partial charge in [-0.15, -0.1) is 24.0 Å². The lowest BCUT2D eigenvalue weighted by Crippen LogP contribution is -2.47. The van der Waals surface area contributed by atoms with Crippen LogP contribution in [0, 0.1) is 6.92 Å². The van der Waals surface area contributed by atoms with Crippen molar-refractivity contribution in [2.75, 3.05) is 40.4 Å². The highest BCUT2D eigenvalue weighted by molar-refractivity contribution is 14.0. The number of methoxy groups -OCH3 is 1. The predicted octanol–water partition coefficient (Wildman–Crippen LogP) is 3.24. The molecule has 1 saturated heterocycles. The van der Waals surface area contributed by atoms with Crippen LogP contribution in [0.3, 0.4) is 0 Å². The Labute approximate surface area is 169 Å². The van der Waals surface area contributed by atoms with Crippen molar-refractivity contribution >= 4 is 29.9 Å². The second kappa shape index (κ2) is 11.6. The van der Waals surface area contributed by atoms with Crippen LogP contribution in [0.25, 0.3) is 0 Å². The quantitative estimate of drug-likeness (QED) is 0.402. The van der Waals surface area contributed by atoms with E-state index in [2.05, 4.69) is 41.2 Å². The summed E-state index contributed by atoms with van der Waals surface area (Å²) in [6.45, 7) is 7.81. The second-order valence-electron chi connectivity index (χ2n) is 6.18. The minimum Gasteiger partial charge on any atom is -0.496 e. The molecule has 5 nitrogen and oxygen atoms in total. The van der Waals surface area contributed by atoms with Crippen molar-refractivity contribution in [3.8, 4) is 5.75 Å². The zero-order chi connectivity index (χ0) is 17.4. The van der Waals surface area contributed by atoms with E-state index in [9.17, 15) is 0 Å². The monoisotopic (exact) mass is 461 g/mol. The number of halogens is 1. The summed E-state index contributed by atoms with van der Waals surface area (Å²) in [5, 5.41) is 3.48. The van der Waals surface area contributed by atoms with Gasteiger partial charge in [0.1, 0.15) is 5.75 Å². The number of hydrogen-bond acceptors (Lipinski definition) is 3. The van der Waals surface area contributed by atoms with Crippen LogP contribution in [0.4, 0.5) is 0 Å². The molecule has 0 amide bonds. The van der Waals surface area contributed by atoms with E-state index in [1.54, 1.807) is 7.11 Å². The molecule has 2 rings (SSSR count). The molecule has 1 fully saturated rings. The van der Waals surface area contributed by atoms with Crippen LogP contribution in [0.15, 0.2) is 23.2 Å². The first-order valence-corrected chi connectivity index (χ1v) is 8.88. The smallest absolute Gasteiger partial charge is 0.193 e. The van der Waals surface area contributed by atoms with E-state index in [1.165, 1.54) is 11.1 Å². The maximum absolute atomic E-state index is 5.72. The molecular formula is C19H32IN3O2. The van der Waals surface area contributed by atoms with Gasteiger partial charge in [0.2, 0.25) is 0 Å². The Bertz CT molecular complexity index is 543. The zero-order valence-electron chi connectivity index (χ0n) is 15.9. The maximum Gasteiger partial charge on any atom is 0.193 e. The third kappa shape index (κ3) is 6.66. The molecule has 142 valence electrons. The highest BCUT2D eigenvalue weighted by Gasteiger charge is 2.21. The summed E-state index contributed by atoms with van der Waals surface area (Å²) in [6.07, 6.45) is 3.46. The number of rotatable bonds is 6. The fourth-order valence-corrected chi connectivity index (χ4v) is 3.21. The van der Waals surface area contributed by atoms with Gasteiger partial charge in [-0.1, -0.05) is 17.7 Å². The number of nitrogens with zero attached hydrogens (tertiary/aromatic N) is 2. The van der Waals surface area contributed by atoms with Crippen LogP contribution < -0.4 is 10.1 Å². The van der Waals surface area contributed by atoms with Crippen LogP contribution in [-0.2, 0) is 11.2 Å². The number of guanidine groups is 1. The largest absolute Gasteiger partial charge is 0.496 e. The molecule has 0 atom stereocenters. The lowest BCUT2D eigenvalue weighted by Gasteiger charge is -2.34. The molecule has 25 heavy (non-hydrogen) atoms. The number of hydrogen-bond donors (Lipinski definition) is 1. The summed E-state index contributed by atoms with van der Waals surface area (Å²) in [4.78, 5) is 6.76. The summed E-state index contributed by atoms with van der Waals surface area (Å²) >= 11 is 0. The van der Waals surface area contributed by atoms with Crippen molar-refractivity contribution in [2.45, 2.75) is 39.2 Å². The SMILES string of the molecule is CCOC1CCN(C(=NC)NCCc2cc(C)ccc2OC)CC1.I. The molecule has 1 aromatic rings. The average molecular weight is 461 g/mol. The Morgan fingerprint density at radius 2 is 2.04 bits per heavy atom. The molecule has 1 aliphatic rings. The molecule has 0 radical (unpaired) electrons. The molecule has 0 bridgehead atoms. The van der Waals surface area contributed by atoms with Crippen LogP contribution in [0.1, 0.15) is 30.9 Å². The van der Waals surface area contributed by atoms with Gasteiger partial charge in [-0.2, -0.15) is 0 Å². The van der Waals surface area contributed by atoms with Crippen molar-refractivity contribution in [2.24, 2.45) is 4.99 Å². The molecule has 1 aromatic carbocycles. The minimum absolute atomic E-state index is 0. The molecule has 0 spiro atoms. The number of likely N-dealkylation sites (tertiary alicyclic amines) is 1. The van der Waals surface area contributed by atoms with E-state index in [-0.39, 0.29) is 24.0 Å². The molecule has 1 N–H and O–H groups in total. The lowest BCUT2D eigenvalue weighted by molar-refractivity contribution is 0.0264. The Kier molecular flexibility index (Phi) is 10.2. The fraction of sp³-hybridized carbons (Fsp3) is 0.632. The van der Waals surface area contributed by atoms with Gasteiger partial charge in [-0.25, -0.2) is 0 Å². The number of aryl methyl sites for hydroxylation is 1. The highest BCUT2D eigenvalue weighted by Crippen LogP contribution is 2.20. The van der Waals surface area contributed by atoms with Crippen LogP contribution in [0.5, 0.6) is 5.75 Å². The van der Waals surface area contributed by atoms with Gasteiger partial charge < -0.3 is 19.7 Å². The van der Waals surface area contributed by atoms with Crippen molar-refractivity contribution in [3.05, 3.63) is 29.3 Å². The average Bonchev–Trinajstić information content (AvgIpc) is 2.60. The zero-order valence-corrected chi connectivity index (χ0v) is 18.2. The molecule has 0 aromatic heterocycles. The Morgan fingerprint density at radius 1 is 1.32 bits per heavy atom. The molecule has 0 saturated carbocycles. The topological polar surface area (TPSA) is 46.1 Å². The summed E-state index contributed by atoms with van der Waals surface area (Å²) in [7, 11) is 3.58. The standard InChI is InChI=1S/C19H31N3O2.HI/c1-5-24-17-9-12-22(13-10-17)19(20-3)21-11-8-16-14-15(2)6-7-18(16)23-4;/h6-7,14,17H,5,8-13H2,1-4H3,(H,20,21);1H. The lowest BCUT2D eigenvalue weighted by atomic mass is 10.1. The normalized spacial score (nSPS) is 15.7. The Balaban J connectivity index is 0.00000312. The summed E-state index contributed by atoms with van der Waals surface area (Å²) in [5.41, 5.74) is 2.49. The number of nitrogens with one attached hydrogen (secondary N) is 1. The first-order valence-electron chi connectivity index (χ1n) is 8.88. The number of ether oxygens (including phenoxy) is 2. The van der Waals surface area contributed by atoms with Gasteiger partial charge in [0, 0.05) is 33.3 Å². The second-order valence-corrected chi connectivity index (χ2v) is 6.18. The molecule has 0 aliphatic carbocycles. The van der Waals surface area contributed by atoms with Crippen LogP contribution >= 0.6 is 24.0 Å². The third-order valence-electron chi connectivity index (χ3n) is 4.47. The Hall–Kier alpha value is -1.02. The van der Waals surface area contributed by atoms with Crippen molar-refractivity contribution in [1.29, 1.82) is 0 Å². The van der Waals surface area contributed by atoms with E-state index in [0.717, 1.165) is 57.2 Å². The number of benzene rings is 1. The molecule has 1 aliphatic heterocycles. The van der Waals surface area contributed by atoms with E-state index in [1.807, 2.05) is 13.1 Å². The predicted molar refractivity (Wildman–Crippen MR) is 114 cm³/mol. The number of aliphatic imine (C=N–C) groups is 1. The van der Waals surface area contributed by atoms with E-state index in [4.69, 9.17) is 9.47 Å². The first kappa shape index (κ1) is 22.0. The van der Waals surface area contributed by atoms with E-state index >= 15 is 0 Å². The van der Waals surface area contributed by atoms with Gasteiger partial charge in [-0.05, 0) is 44.7 Å². The molecule has 1 heterocycles. The summed E-state index contributed by atoms with van der Waals surface area (Å²) in [5.74, 6) is 1.94. The van der Waals surface area contributed by atoms with Gasteiger partial charge in [0.15, 0.2) is 5.96 Å². The van der Waals surface area contributed by atoms with Crippen LogP contribution in [0.2, 0.25) is 0 Å². The first-order chi connectivity index (χ1) is 11.7. The van der Waals surface area contributed by atoms with Gasteiger partial charge >= 0.3 is 0 Å². The van der Waals surface area contributed by atoms with E-state index < -0.39 is 0 Å².